The molecule has 0 aliphatic rings. The SMILES string of the molecule is CC(=O)CCC(C)c1cc(C)ccc1C. The van der Waals surface area contributed by atoms with E-state index >= 15 is 0 Å². The molecular formula is C14H20O. The summed E-state index contributed by atoms with van der Waals surface area (Å²) < 4.78 is 0. The summed E-state index contributed by atoms with van der Waals surface area (Å²) in [6.07, 6.45) is 1.65. The van der Waals surface area contributed by atoms with Gasteiger partial charge in [0.25, 0.3) is 0 Å². The minimum atomic E-state index is 0.284. The summed E-state index contributed by atoms with van der Waals surface area (Å²) in [5, 5.41) is 0. The van der Waals surface area contributed by atoms with E-state index in [9.17, 15) is 4.79 Å². The largest absolute Gasteiger partial charge is 0.300 e. The van der Waals surface area contributed by atoms with Gasteiger partial charge in [0.05, 0.1) is 0 Å². The smallest absolute Gasteiger partial charge is 0.129 e. The number of carbonyl (C=O) groups is 1. The molecular weight excluding hydrogens is 184 g/mol. The predicted molar refractivity (Wildman–Crippen MR) is 64.2 cm³/mol. The van der Waals surface area contributed by atoms with E-state index in [2.05, 4.69) is 39.0 Å². The van der Waals surface area contributed by atoms with Gasteiger partial charge in [-0.3, -0.25) is 0 Å². The monoisotopic (exact) mass is 204 g/mol. The second-order valence-electron chi connectivity index (χ2n) is 4.50. The van der Waals surface area contributed by atoms with Crippen molar-refractivity contribution in [3.8, 4) is 0 Å². The zero-order valence-electron chi connectivity index (χ0n) is 10.1. The topological polar surface area (TPSA) is 17.1 Å². The first-order chi connectivity index (χ1) is 7.00. The number of carbonyl (C=O) groups excluding carboxylic acids is 1. The molecule has 1 nitrogen and oxygen atoms in total. The summed E-state index contributed by atoms with van der Waals surface area (Å²) in [5.74, 6) is 0.765. The van der Waals surface area contributed by atoms with Crippen LogP contribution in [0.1, 0.15) is 49.3 Å². The van der Waals surface area contributed by atoms with Crippen molar-refractivity contribution >= 4 is 5.78 Å². The first-order valence-electron chi connectivity index (χ1n) is 5.57. The highest BCUT2D eigenvalue weighted by atomic mass is 16.1. The van der Waals surface area contributed by atoms with Crippen LogP contribution in [-0.2, 0) is 4.79 Å². The van der Waals surface area contributed by atoms with Crippen molar-refractivity contribution in [1.82, 2.24) is 0 Å². The van der Waals surface area contributed by atoms with Gasteiger partial charge in [0.15, 0.2) is 0 Å². The fourth-order valence-corrected chi connectivity index (χ4v) is 1.87. The summed E-state index contributed by atoms with van der Waals surface area (Å²) in [5.41, 5.74) is 4.01. The van der Waals surface area contributed by atoms with Gasteiger partial charge >= 0.3 is 0 Å². The molecule has 0 radical (unpaired) electrons. The van der Waals surface area contributed by atoms with Crippen LogP contribution in [0, 0.1) is 13.8 Å². The average molecular weight is 204 g/mol. The molecule has 1 aromatic rings. The number of rotatable bonds is 4. The number of hydrogen-bond acceptors (Lipinski definition) is 1. The molecule has 0 aliphatic heterocycles. The predicted octanol–water partition coefficient (Wildman–Crippen LogP) is 3.78. The second-order valence-corrected chi connectivity index (χ2v) is 4.50. The highest BCUT2D eigenvalue weighted by Gasteiger charge is 2.09. The minimum absolute atomic E-state index is 0.284. The summed E-state index contributed by atoms with van der Waals surface area (Å²) in [6, 6.07) is 6.53. The van der Waals surface area contributed by atoms with Crippen LogP contribution in [0.3, 0.4) is 0 Å². The van der Waals surface area contributed by atoms with Crippen LogP contribution >= 0.6 is 0 Å². The molecule has 0 bridgehead atoms. The first kappa shape index (κ1) is 12.0. The zero-order valence-corrected chi connectivity index (χ0v) is 10.1. The van der Waals surface area contributed by atoms with Gasteiger partial charge < -0.3 is 4.79 Å². The number of hydrogen-bond donors (Lipinski definition) is 0. The molecule has 82 valence electrons. The Labute approximate surface area is 92.5 Å². The molecule has 0 fully saturated rings. The molecule has 0 aliphatic carbocycles. The van der Waals surface area contributed by atoms with Gasteiger partial charge in [-0.05, 0) is 44.2 Å². The fraction of sp³-hybridized carbons (Fsp3) is 0.500. The summed E-state index contributed by atoms with van der Waals surface area (Å²) in [4.78, 5) is 10.9. The molecule has 1 unspecified atom stereocenters. The molecule has 0 amide bonds. The number of benzene rings is 1. The number of ketones is 1. The Morgan fingerprint density at radius 3 is 2.60 bits per heavy atom. The lowest BCUT2D eigenvalue weighted by Crippen LogP contribution is -2.00. The standard InChI is InChI=1S/C14H20O/c1-10-5-6-11(2)14(9-10)12(3)7-8-13(4)15/h5-6,9,12H,7-8H2,1-4H3. The molecule has 0 saturated heterocycles. The Balaban J connectivity index is 2.76. The van der Waals surface area contributed by atoms with Crippen molar-refractivity contribution < 1.29 is 4.79 Å². The average Bonchev–Trinajstić information content (AvgIpc) is 2.18. The zero-order chi connectivity index (χ0) is 11.4. The van der Waals surface area contributed by atoms with Gasteiger partial charge in [-0.2, -0.15) is 0 Å². The molecule has 0 saturated carbocycles. The van der Waals surface area contributed by atoms with Crippen LogP contribution in [0.5, 0.6) is 0 Å². The van der Waals surface area contributed by atoms with Crippen LogP contribution in [0.4, 0.5) is 0 Å². The van der Waals surface area contributed by atoms with Gasteiger partial charge in [-0.1, -0.05) is 30.7 Å². The van der Waals surface area contributed by atoms with E-state index in [-0.39, 0.29) is 5.78 Å². The van der Waals surface area contributed by atoms with Crippen molar-refractivity contribution in [1.29, 1.82) is 0 Å². The number of Topliss-reactive ketones (excluding diaryl/α,β-unsaturated/α-hetero) is 1. The Kier molecular flexibility index (Phi) is 4.07. The van der Waals surface area contributed by atoms with Crippen LogP contribution in [0.25, 0.3) is 0 Å². The summed E-state index contributed by atoms with van der Waals surface area (Å²) in [6.45, 7) is 8.11. The third-order valence-corrected chi connectivity index (χ3v) is 2.90. The molecule has 15 heavy (non-hydrogen) atoms. The molecule has 1 aromatic carbocycles. The first-order valence-corrected chi connectivity index (χ1v) is 5.57. The lowest BCUT2D eigenvalue weighted by Gasteiger charge is -2.14. The number of aryl methyl sites for hydroxylation is 2. The van der Waals surface area contributed by atoms with Crippen molar-refractivity contribution in [2.45, 2.75) is 46.5 Å². The normalized spacial score (nSPS) is 12.5. The van der Waals surface area contributed by atoms with Crippen LogP contribution < -0.4 is 0 Å². The van der Waals surface area contributed by atoms with Gasteiger partial charge in [-0.25, -0.2) is 0 Å². The van der Waals surface area contributed by atoms with Crippen LogP contribution in [0.2, 0.25) is 0 Å². The van der Waals surface area contributed by atoms with Crippen molar-refractivity contribution in [2.75, 3.05) is 0 Å². The minimum Gasteiger partial charge on any atom is -0.300 e. The van der Waals surface area contributed by atoms with E-state index < -0.39 is 0 Å². The molecule has 1 heteroatoms. The van der Waals surface area contributed by atoms with Crippen molar-refractivity contribution in [3.63, 3.8) is 0 Å². The molecule has 1 rings (SSSR count). The lowest BCUT2D eigenvalue weighted by atomic mass is 9.91. The van der Waals surface area contributed by atoms with Crippen molar-refractivity contribution in [2.24, 2.45) is 0 Å². The fourth-order valence-electron chi connectivity index (χ4n) is 1.87. The van der Waals surface area contributed by atoms with Gasteiger partial charge in [0.2, 0.25) is 0 Å². The Bertz CT molecular complexity index is 352. The van der Waals surface area contributed by atoms with Crippen LogP contribution in [0.15, 0.2) is 18.2 Å². The summed E-state index contributed by atoms with van der Waals surface area (Å²) >= 11 is 0. The van der Waals surface area contributed by atoms with E-state index in [1.54, 1.807) is 6.92 Å². The molecule has 0 aromatic heterocycles. The Morgan fingerprint density at radius 2 is 2.00 bits per heavy atom. The van der Waals surface area contributed by atoms with Gasteiger partial charge in [0.1, 0.15) is 5.78 Å². The lowest BCUT2D eigenvalue weighted by molar-refractivity contribution is -0.117. The highest BCUT2D eigenvalue weighted by Crippen LogP contribution is 2.24. The van der Waals surface area contributed by atoms with Gasteiger partial charge in [-0.15, -0.1) is 0 Å². The van der Waals surface area contributed by atoms with Crippen molar-refractivity contribution in [3.05, 3.63) is 34.9 Å². The van der Waals surface area contributed by atoms with Crippen LogP contribution in [-0.4, -0.2) is 5.78 Å². The maximum absolute atomic E-state index is 10.9. The van der Waals surface area contributed by atoms with E-state index in [0.717, 1.165) is 6.42 Å². The molecule has 1 atom stereocenters. The third-order valence-electron chi connectivity index (χ3n) is 2.90. The van der Waals surface area contributed by atoms with Gasteiger partial charge in [0, 0.05) is 6.42 Å². The Hall–Kier alpha value is -1.11. The summed E-state index contributed by atoms with van der Waals surface area (Å²) in [7, 11) is 0. The molecule has 0 N–H and O–H groups in total. The van der Waals surface area contributed by atoms with E-state index in [1.807, 2.05) is 0 Å². The van der Waals surface area contributed by atoms with E-state index in [1.165, 1.54) is 16.7 Å². The van der Waals surface area contributed by atoms with E-state index in [4.69, 9.17) is 0 Å². The quantitative estimate of drug-likeness (QED) is 0.729. The molecule has 0 spiro atoms. The molecule has 0 heterocycles. The third kappa shape index (κ3) is 3.50. The van der Waals surface area contributed by atoms with E-state index in [0.29, 0.717) is 12.3 Å². The highest BCUT2D eigenvalue weighted by molar-refractivity contribution is 5.75. The maximum atomic E-state index is 10.9. The second kappa shape index (κ2) is 5.11. The maximum Gasteiger partial charge on any atom is 0.129 e. The Morgan fingerprint density at radius 1 is 1.33 bits per heavy atom.